The third-order valence-electron chi connectivity index (χ3n) is 3.77. The highest BCUT2D eigenvalue weighted by molar-refractivity contribution is 6.08. The van der Waals surface area contributed by atoms with Crippen LogP contribution in [0.15, 0.2) is 90.6 Å². The van der Waals surface area contributed by atoms with Crippen LogP contribution < -0.4 is 0 Å². The molecule has 1 aliphatic carbocycles. The molecule has 0 radical (unpaired) electrons. The maximum atomic E-state index is 8.20. The van der Waals surface area contributed by atoms with E-state index in [1.165, 1.54) is 16.3 Å². The van der Waals surface area contributed by atoms with Crippen molar-refractivity contribution in [2.75, 3.05) is 0 Å². The van der Waals surface area contributed by atoms with Gasteiger partial charge in [-0.2, -0.15) is 0 Å². The molecule has 1 nitrogen and oxygen atoms in total. The molecule has 2 aromatic carbocycles. The Hall–Kier alpha value is -2.67. The van der Waals surface area contributed by atoms with Crippen LogP contribution in [0.3, 0.4) is 0 Å². The van der Waals surface area contributed by atoms with Gasteiger partial charge in [-0.3, -0.25) is 0 Å². The molecule has 0 saturated heterocycles. The molecule has 0 atom stereocenters. The predicted octanol–water partition coefficient (Wildman–Crippen LogP) is 5.60. The normalized spacial score (nSPS) is 15.9. The fourth-order valence-electron chi connectivity index (χ4n) is 2.54. The van der Waals surface area contributed by atoms with Crippen molar-refractivity contribution in [1.29, 1.82) is 5.41 Å². The summed E-state index contributed by atoms with van der Waals surface area (Å²) in [6.45, 7) is 0. The monoisotopic (exact) mass is 285 g/mol. The van der Waals surface area contributed by atoms with Gasteiger partial charge in [0.15, 0.2) is 0 Å². The van der Waals surface area contributed by atoms with Crippen molar-refractivity contribution < 1.29 is 0 Å². The molecule has 0 bridgehead atoms. The van der Waals surface area contributed by atoms with Gasteiger partial charge >= 0.3 is 0 Å². The minimum atomic E-state index is 0.559. The fourth-order valence-corrected chi connectivity index (χ4v) is 2.54. The average molecular weight is 285 g/mol. The van der Waals surface area contributed by atoms with Gasteiger partial charge in [0.05, 0.1) is 5.71 Å². The standard InChI is InChI=1S/C21H19N/c22-21(13-7-4-10-17-8-2-1-3-9-17)20-15-14-18-11-5-6-12-19(18)16-20/h1-3,5-8,10-16,22H,4,9H2/b13-7+,17-10-,22-21?. The van der Waals surface area contributed by atoms with E-state index in [-0.39, 0.29) is 0 Å². The van der Waals surface area contributed by atoms with Crippen LogP contribution in [0, 0.1) is 5.41 Å². The second-order valence-electron chi connectivity index (χ2n) is 5.38. The van der Waals surface area contributed by atoms with Crippen LogP contribution in [-0.2, 0) is 0 Å². The van der Waals surface area contributed by atoms with Gasteiger partial charge in [-0.05, 0) is 41.3 Å². The van der Waals surface area contributed by atoms with Gasteiger partial charge in [0.2, 0.25) is 0 Å². The van der Waals surface area contributed by atoms with E-state index in [1.807, 2.05) is 24.3 Å². The lowest BCUT2D eigenvalue weighted by Gasteiger charge is -2.02. The van der Waals surface area contributed by atoms with Crippen LogP contribution in [0.5, 0.6) is 0 Å². The highest BCUT2D eigenvalue weighted by atomic mass is 14.4. The second-order valence-corrected chi connectivity index (χ2v) is 5.38. The molecule has 0 aromatic heterocycles. The second kappa shape index (κ2) is 6.86. The van der Waals surface area contributed by atoms with Crippen molar-refractivity contribution in [3.8, 4) is 0 Å². The average Bonchev–Trinajstić information content (AvgIpc) is 2.59. The lowest BCUT2D eigenvalue weighted by molar-refractivity contribution is 1.21. The van der Waals surface area contributed by atoms with Crippen molar-refractivity contribution in [2.45, 2.75) is 12.8 Å². The van der Waals surface area contributed by atoms with Crippen LogP contribution in [0.4, 0.5) is 0 Å². The van der Waals surface area contributed by atoms with Crippen LogP contribution in [0.2, 0.25) is 0 Å². The molecule has 0 amide bonds. The number of nitrogens with one attached hydrogen (secondary N) is 1. The molecule has 0 saturated carbocycles. The first kappa shape index (κ1) is 14.3. The predicted molar refractivity (Wildman–Crippen MR) is 95.5 cm³/mol. The summed E-state index contributed by atoms with van der Waals surface area (Å²) in [6.07, 6.45) is 16.5. The Morgan fingerprint density at radius 2 is 1.91 bits per heavy atom. The zero-order chi connectivity index (χ0) is 15.2. The Morgan fingerprint density at radius 1 is 1.05 bits per heavy atom. The molecule has 1 N–H and O–H groups in total. The quantitative estimate of drug-likeness (QED) is 0.707. The van der Waals surface area contributed by atoms with Crippen LogP contribution >= 0.6 is 0 Å². The van der Waals surface area contributed by atoms with E-state index in [4.69, 9.17) is 5.41 Å². The number of hydrogen-bond donors (Lipinski definition) is 1. The summed E-state index contributed by atoms with van der Waals surface area (Å²) in [7, 11) is 0. The van der Waals surface area contributed by atoms with Crippen molar-refractivity contribution >= 4 is 16.5 Å². The van der Waals surface area contributed by atoms with E-state index in [1.54, 1.807) is 0 Å². The molecule has 1 heteroatoms. The minimum Gasteiger partial charge on any atom is -0.300 e. The van der Waals surface area contributed by atoms with Crippen LogP contribution in [-0.4, -0.2) is 5.71 Å². The number of allylic oxidation sites excluding steroid dienone is 8. The van der Waals surface area contributed by atoms with Crippen molar-refractivity contribution in [1.82, 2.24) is 0 Å². The molecule has 0 spiro atoms. The number of hydrogen-bond acceptors (Lipinski definition) is 1. The first-order chi connectivity index (χ1) is 10.8. The fraction of sp³-hybridized carbons (Fsp3) is 0.0952. The first-order valence-corrected chi connectivity index (χ1v) is 7.59. The molecule has 0 fully saturated rings. The van der Waals surface area contributed by atoms with Crippen LogP contribution in [0.25, 0.3) is 10.8 Å². The number of fused-ring (bicyclic) bond motifs is 1. The largest absolute Gasteiger partial charge is 0.300 e. The topological polar surface area (TPSA) is 23.9 Å². The van der Waals surface area contributed by atoms with Crippen molar-refractivity contribution in [2.24, 2.45) is 0 Å². The minimum absolute atomic E-state index is 0.559. The summed E-state index contributed by atoms with van der Waals surface area (Å²) in [5.41, 5.74) is 2.86. The van der Waals surface area contributed by atoms with Gasteiger partial charge in [0.1, 0.15) is 0 Å². The molecular weight excluding hydrogens is 266 g/mol. The third-order valence-corrected chi connectivity index (χ3v) is 3.77. The van der Waals surface area contributed by atoms with Crippen molar-refractivity contribution in [3.05, 3.63) is 96.1 Å². The molecule has 108 valence electrons. The van der Waals surface area contributed by atoms with Gasteiger partial charge in [-0.25, -0.2) is 0 Å². The van der Waals surface area contributed by atoms with E-state index < -0.39 is 0 Å². The molecule has 1 aliphatic rings. The van der Waals surface area contributed by atoms with E-state index in [0.717, 1.165) is 18.4 Å². The summed E-state index contributed by atoms with van der Waals surface area (Å²) in [5.74, 6) is 0. The van der Waals surface area contributed by atoms with Gasteiger partial charge in [-0.15, -0.1) is 0 Å². The van der Waals surface area contributed by atoms with E-state index >= 15 is 0 Å². The zero-order valence-electron chi connectivity index (χ0n) is 12.5. The van der Waals surface area contributed by atoms with Gasteiger partial charge in [-0.1, -0.05) is 72.9 Å². The summed E-state index contributed by atoms with van der Waals surface area (Å²) in [4.78, 5) is 0. The summed E-state index contributed by atoms with van der Waals surface area (Å²) >= 11 is 0. The smallest absolute Gasteiger partial charge is 0.0609 e. The molecule has 3 rings (SSSR count). The summed E-state index contributed by atoms with van der Waals surface area (Å²) in [5, 5.41) is 10.6. The molecule has 2 aromatic rings. The van der Waals surface area contributed by atoms with Gasteiger partial charge in [0, 0.05) is 5.56 Å². The third kappa shape index (κ3) is 3.50. The Morgan fingerprint density at radius 3 is 2.73 bits per heavy atom. The lowest BCUT2D eigenvalue weighted by atomic mass is 10.0. The van der Waals surface area contributed by atoms with E-state index in [2.05, 4.69) is 60.7 Å². The van der Waals surface area contributed by atoms with Gasteiger partial charge in [0.25, 0.3) is 0 Å². The van der Waals surface area contributed by atoms with E-state index in [9.17, 15) is 0 Å². The highest BCUT2D eigenvalue weighted by Crippen LogP contribution is 2.16. The number of benzene rings is 2. The molecule has 0 aliphatic heterocycles. The SMILES string of the molecule is N=C(/C=C/C/C=C1/C=CC=CC1)c1ccc2ccccc2c1. The highest BCUT2D eigenvalue weighted by Gasteiger charge is 1.99. The Balaban J connectivity index is 1.66. The maximum absolute atomic E-state index is 8.20. The molecule has 22 heavy (non-hydrogen) atoms. The van der Waals surface area contributed by atoms with E-state index in [0.29, 0.717) is 5.71 Å². The summed E-state index contributed by atoms with van der Waals surface area (Å²) in [6, 6.07) is 14.4. The van der Waals surface area contributed by atoms with Crippen LogP contribution in [0.1, 0.15) is 18.4 Å². The molecule has 0 unspecified atom stereocenters. The first-order valence-electron chi connectivity index (χ1n) is 7.59. The lowest BCUT2D eigenvalue weighted by Crippen LogP contribution is -1.93. The van der Waals surface area contributed by atoms with Gasteiger partial charge < -0.3 is 5.41 Å². The zero-order valence-corrected chi connectivity index (χ0v) is 12.5. The Labute approximate surface area is 131 Å². The summed E-state index contributed by atoms with van der Waals surface area (Å²) < 4.78 is 0. The molecule has 0 heterocycles. The Kier molecular flexibility index (Phi) is 4.45. The van der Waals surface area contributed by atoms with Crippen molar-refractivity contribution in [3.63, 3.8) is 0 Å². The molecular formula is C21H19N. The number of rotatable bonds is 4. The maximum Gasteiger partial charge on any atom is 0.0609 e. The Bertz CT molecular complexity index is 804.